The number of benzene rings is 1. The van der Waals surface area contributed by atoms with Gasteiger partial charge in [0.15, 0.2) is 0 Å². The highest BCUT2D eigenvalue weighted by atomic mass is 32.1. The first-order valence-electron chi connectivity index (χ1n) is 6.05. The zero-order valence-electron chi connectivity index (χ0n) is 11.3. The minimum atomic E-state index is -1.04. The SMILES string of the molecule is Cc1cnc(C(C)NC(=O)c2ccc([N+](=O)[O-])c(F)c2)s1. The van der Waals surface area contributed by atoms with Gasteiger partial charge in [-0.2, -0.15) is 4.39 Å². The number of thiazole rings is 1. The second-order valence-corrected chi connectivity index (χ2v) is 5.69. The molecular formula is C13H12FN3O3S. The summed E-state index contributed by atoms with van der Waals surface area (Å²) in [4.78, 5) is 26.9. The van der Waals surface area contributed by atoms with Crippen molar-refractivity contribution in [3.05, 3.63) is 55.8 Å². The van der Waals surface area contributed by atoms with Crippen LogP contribution in [0.3, 0.4) is 0 Å². The summed E-state index contributed by atoms with van der Waals surface area (Å²) >= 11 is 1.45. The summed E-state index contributed by atoms with van der Waals surface area (Å²) in [6, 6.07) is 2.72. The maximum Gasteiger partial charge on any atom is 0.304 e. The van der Waals surface area contributed by atoms with Crippen LogP contribution in [0.25, 0.3) is 0 Å². The van der Waals surface area contributed by atoms with E-state index in [0.717, 1.165) is 22.0 Å². The average Bonchev–Trinajstić information content (AvgIpc) is 2.84. The number of halogens is 1. The molecule has 0 radical (unpaired) electrons. The van der Waals surface area contributed by atoms with Crippen LogP contribution >= 0.6 is 11.3 Å². The predicted octanol–water partition coefficient (Wildman–Crippen LogP) is 2.99. The van der Waals surface area contributed by atoms with E-state index in [1.807, 2.05) is 6.92 Å². The Morgan fingerprint density at radius 3 is 2.76 bits per heavy atom. The first-order valence-corrected chi connectivity index (χ1v) is 6.87. The van der Waals surface area contributed by atoms with Crippen LogP contribution in [-0.4, -0.2) is 15.8 Å². The molecule has 0 bridgehead atoms. The largest absolute Gasteiger partial charge is 0.343 e. The second-order valence-electron chi connectivity index (χ2n) is 4.43. The Balaban J connectivity index is 2.13. The molecule has 1 amide bonds. The molecule has 1 aromatic heterocycles. The summed E-state index contributed by atoms with van der Waals surface area (Å²) < 4.78 is 13.5. The molecule has 0 aliphatic rings. The van der Waals surface area contributed by atoms with Crippen molar-refractivity contribution < 1.29 is 14.1 Å². The monoisotopic (exact) mass is 309 g/mol. The molecule has 0 saturated carbocycles. The fraction of sp³-hybridized carbons (Fsp3) is 0.231. The number of hydrogen-bond donors (Lipinski definition) is 1. The van der Waals surface area contributed by atoms with Crippen LogP contribution in [-0.2, 0) is 0 Å². The zero-order chi connectivity index (χ0) is 15.6. The third-order valence-corrected chi connectivity index (χ3v) is 3.86. The van der Waals surface area contributed by atoms with E-state index in [1.54, 1.807) is 13.1 Å². The highest BCUT2D eigenvalue weighted by Gasteiger charge is 2.18. The van der Waals surface area contributed by atoms with Gasteiger partial charge < -0.3 is 5.32 Å². The summed E-state index contributed by atoms with van der Waals surface area (Å²) in [7, 11) is 0. The summed E-state index contributed by atoms with van der Waals surface area (Å²) in [6.45, 7) is 3.67. The molecule has 1 unspecified atom stereocenters. The fourth-order valence-corrected chi connectivity index (χ4v) is 2.49. The third-order valence-electron chi connectivity index (χ3n) is 2.76. The summed E-state index contributed by atoms with van der Waals surface area (Å²) in [5.74, 6) is -1.55. The van der Waals surface area contributed by atoms with Crippen molar-refractivity contribution in [1.82, 2.24) is 10.3 Å². The van der Waals surface area contributed by atoms with Gasteiger partial charge in [0.1, 0.15) is 5.01 Å². The van der Waals surface area contributed by atoms with E-state index in [4.69, 9.17) is 0 Å². The molecule has 0 aliphatic heterocycles. The number of nitrogens with one attached hydrogen (secondary N) is 1. The number of nitro groups is 1. The normalized spacial score (nSPS) is 12.0. The lowest BCUT2D eigenvalue weighted by Gasteiger charge is -2.11. The van der Waals surface area contributed by atoms with E-state index < -0.39 is 22.3 Å². The van der Waals surface area contributed by atoms with Crippen LogP contribution in [0, 0.1) is 22.9 Å². The van der Waals surface area contributed by atoms with E-state index in [0.29, 0.717) is 0 Å². The van der Waals surface area contributed by atoms with Gasteiger partial charge >= 0.3 is 5.69 Å². The number of amides is 1. The van der Waals surface area contributed by atoms with E-state index in [1.165, 1.54) is 17.4 Å². The molecular weight excluding hydrogens is 297 g/mol. The number of aromatic nitrogens is 1. The number of nitro benzene ring substituents is 1. The number of carbonyl (C=O) groups is 1. The van der Waals surface area contributed by atoms with Gasteiger partial charge in [0.25, 0.3) is 5.91 Å². The van der Waals surface area contributed by atoms with Crippen molar-refractivity contribution in [3.8, 4) is 0 Å². The summed E-state index contributed by atoms with van der Waals surface area (Å²) in [5.41, 5.74) is -0.631. The van der Waals surface area contributed by atoms with Crippen LogP contribution in [0.5, 0.6) is 0 Å². The number of nitrogens with zero attached hydrogens (tertiary/aromatic N) is 2. The van der Waals surface area contributed by atoms with Crippen molar-refractivity contribution in [2.75, 3.05) is 0 Å². The van der Waals surface area contributed by atoms with Crippen molar-refractivity contribution in [2.45, 2.75) is 19.9 Å². The van der Waals surface area contributed by atoms with E-state index in [9.17, 15) is 19.3 Å². The van der Waals surface area contributed by atoms with Gasteiger partial charge in [0.05, 0.1) is 11.0 Å². The molecule has 0 spiro atoms. The zero-order valence-corrected chi connectivity index (χ0v) is 12.1. The molecule has 0 aliphatic carbocycles. The van der Waals surface area contributed by atoms with Crippen LogP contribution in [0.1, 0.15) is 33.2 Å². The van der Waals surface area contributed by atoms with Crippen LogP contribution < -0.4 is 5.32 Å². The summed E-state index contributed by atoms with van der Waals surface area (Å²) in [6.07, 6.45) is 1.70. The first-order chi connectivity index (χ1) is 9.88. The highest BCUT2D eigenvalue weighted by Crippen LogP contribution is 2.21. The Hall–Kier alpha value is -2.35. The van der Waals surface area contributed by atoms with Crippen molar-refractivity contribution in [1.29, 1.82) is 0 Å². The van der Waals surface area contributed by atoms with Crippen LogP contribution in [0.2, 0.25) is 0 Å². The molecule has 2 rings (SSSR count). The molecule has 0 saturated heterocycles. The molecule has 1 atom stereocenters. The second kappa shape index (κ2) is 5.96. The molecule has 21 heavy (non-hydrogen) atoms. The number of aryl methyl sites for hydroxylation is 1. The van der Waals surface area contributed by atoms with E-state index >= 15 is 0 Å². The van der Waals surface area contributed by atoms with Gasteiger partial charge in [-0.1, -0.05) is 0 Å². The molecule has 8 heteroatoms. The lowest BCUT2D eigenvalue weighted by molar-refractivity contribution is -0.387. The third kappa shape index (κ3) is 3.40. The quantitative estimate of drug-likeness (QED) is 0.695. The van der Waals surface area contributed by atoms with Gasteiger partial charge in [-0.25, -0.2) is 4.98 Å². The molecule has 1 N–H and O–H groups in total. The van der Waals surface area contributed by atoms with Crippen molar-refractivity contribution >= 4 is 22.9 Å². The Morgan fingerprint density at radius 2 is 2.24 bits per heavy atom. The van der Waals surface area contributed by atoms with Crippen molar-refractivity contribution in [3.63, 3.8) is 0 Å². The minimum Gasteiger partial charge on any atom is -0.343 e. The fourth-order valence-electron chi connectivity index (χ4n) is 1.71. The van der Waals surface area contributed by atoms with Crippen LogP contribution in [0.4, 0.5) is 10.1 Å². The van der Waals surface area contributed by atoms with Gasteiger partial charge in [0, 0.05) is 22.7 Å². The van der Waals surface area contributed by atoms with Crippen molar-refractivity contribution in [2.24, 2.45) is 0 Å². The van der Waals surface area contributed by atoms with Gasteiger partial charge in [0.2, 0.25) is 5.82 Å². The Morgan fingerprint density at radius 1 is 1.52 bits per heavy atom. The molecule has 6 nitrogen and oxygen atoms in total. The van der Waals surface area contributed by atoms with Gasteiger partial charge in [-0.3, -0.25) is 14.9 Å². The molecule has 0 fully saturated rings. The molecule has 1 heterocycles. The topological polar surface area (TPSA) is 85.1 Å². The Bertz CT molecular complexity index is 702. The molecule has 110 valence electrons. The smallest absolute Gasteiger partial charge is 0.304 e. The molecule has 1 aromatic carbocycles. The first kappa shape index (κ1) is 15.0. The molecule has 2 aromatic rings. The Labute approximate surface area is 123 Å². The Kier molecular flexibility index (Phi) is 4.27. The van der Waals surface area contributed by atoms with Gasteiger partial charge in [-0.05, 0) is 26.0 Å². The van der Waals surface area contributed by atoms with E-state index in [-0.39, 0.29) is 11.6 Å². The highest BCUT2D eigenvalue weighted by molar-refractivity contribution is 7.11. The van der Waals surface area contributed by atoms with Crippen LogP contribution in [0.15, 0.2) is 24.4 Å². The lowest BCUT2D eigenvalue weighted by atomic mass is 10.1. The number of hydrogen-bond acceptors (Lipinski definition) is 5. The van der Waals surface area contributed by atoms with E-state index in [2.05, 4.69) is 10.3 Å². The predicted molar refractivity (Wildman–Crippen MR) is 75.8 cm³/mol. The number of rotatable bonds is 4. The lowest BCUT2D eigenvalue weighted by Crippen LogP contribution is -2.26. The maximum absolute atomic E-state index is 13.5. The standard InChI is InChI=1S/C13H12FN3O3S/c1-7-6-15-13(21-7)8(2)16-12(18)9-3-4-11(17(19)20)10(14)5-9/h3-6,8H,1-2H3,(H,16,18). The minimum absolute atomic E-state index is 0.0261. The average molecular weight is 309 g/mol. The summed E-state index contributed by atoms with van der Waals surface area (Å²) in [5, 5.41) is 13.9. The van der Waals surface area contributed by atoms with Gasteiger partial charge in [-0.15, -0.1) is 11.3 Å². The maximum atomic E-state index is 13.5. The number of carbonyl (C=O) groups excluding carboxylic acids is 1.